The third-order valence-corrected chi connectivity index (χ3v) is 3.04. The zero-order valence-corrected chi connectivity index (χ0v) is 11.3. The van der Waals surface area contributed by atoms with Crippen LogP contribution < -0.4 is 10.6 Å². The van der Waals surface area contributed by atoms with Gasteiger partial charge in [-0.05, 0) is 12.1 Å². The fraction of sp³-hybridized carbons (Fsp3) is 0.250. The zero-order chi connectivity index (χ0) is 13.2. The molecule has 8 heteroatoms. The molecule has 0 bridgehead atoms. The summed E-state index contributed by atoms with van der Waals surface area (Å²) in [4.78, 5) is 16.0. The highest BCUT2D eigenvalue weighted by Crippen LogP contribution is 2.21. The Hall–Kier alpha value is -2.12. The number of fused-ring (bicyclic) bond motifs is 1. The van der Waals surface area contributed by atoms with Gasteiger partial charge in [0.1, 0.15) is 0 Å². The highest BCUT2D eigenvalue weighted by molar-refractivity contribution is 6.04. The van der Waals surface area contributed by atoms with Crippen LogP contribution in [0.5, 0.6) is 5.75 Å². The molecule has 2 aromatic rings. The number of hydrogen-bond donors (Lipinski definition) is 4. The Morgan fingerprint density at radius 2 is 2.30 bits per heavy atom. The van der Waals surface area contributed by atoms with Crippen molar-refractivity contribution in [2.75, 3.05) is 11.9 Å². The fourth-order valence-corrected chi connectivity index (χ4v) is 2.07. The Balaban J connectivity index is 0.00000147. The number of anilines is 1. The molecule has 3 rings (SSSR count). The van der Waals surface area contributed by atoms with Gasteiger partial charge in [-0.3, -0.25) is 9.89 Å². The number of pyridine rings is 1. The second-order valence-corrected chi connectivity index (χ2v) is 4.28. The number of aromatic amines is 1. The summed E-state index contributed by atoms with van der Waals surface area (Å²) in [6, 6.07) is 3.05. The van der Waals surface area contributed by atoms with Crippen molar-refractivity contribution >= 4 is 24.1 Å². The standard InChI is InChI=1S/C12H13N5O2.ClH/c18-9-2-1-4-14-11(9)15-12(19)10-7-6-13-5-3-8(7)16-17-10;/h1-2,4,13,18H,3,5-6H2,(H,16,17)(H,14,15,19);1H. The summed E-state index contributed by atoms with van der Waals surface area (Å²) in [7, 11) is 0. The van der Waals surface area contributed by atoms with Crippen molar-refractivity contribution in [3.8, 4) is 5.75 Å². The zero-order valence-electron chi connectivity index (χ0n) is 10.5. The number of rotatable bonds is 2. The van der Waals surface area contributed by atoms with Crippen molar-refractivity contribution < 1.29 is 9.90 Å². The minimum Gasteiger partial charge on any atom is -0.504 e. The van der Waals surface area contributed by atoms with E-state index in [1.165, 1.54) is 12.3 Å². The molecule has 0 aliphatic carbocycles. The van der Waals surface area contributed by atoms with E-state index in [9.17, 15) is 9.90 Å². The van der Waals surface area contributed by atoms with E-state index in [0.717, 1.165) is 24.2 Å². The van der Waals surface area contributed by atoms with E-state index < -0.39 is 0 Å². The largest absolute Gasteiger partial charge is 0.504 e. The first kappa shape index (κ1) is 14.3. The van der Waals surface area contributed by atoms with E-state index in [2.05, 4.69) is 25.8 Å². The molecular weight excluding hydrogens is 282 g/mol. The van der Waals surface area contributed by atoms with Crippen molar-refractivity contribution in [3.63, 3.8) is 0 Å². The third-order valence-electron chi connectivity index (χ3n) is 3.04. The van der Waals surface area contributed by atoms with E-state index in [0.29, 0.717) is 12.2 Å². The lowest BCUT2D eigenvalue weighted by molar-refractivity contribution is 0.102. The minimum absolute atomic E-state index is 0. The molecule has 0 radical (unpaired) electrons. The SMILES string of the molecule is Cl.O=C(Nc1ncccc1O)c1n[nH]c2c1CNCC2. The summed E-state index contributed by atoms with van der Waals surface area (Å²) in [5, 5.41) is 22.2. The summed E-state index contributed by atoms with van der Waals surface area (Å²) in [5.74, 6) is -0.318. The van der Waals surface area contributed by atoms with Gasteiger partial charge in [-0.15, -0.1) is 12.4 Å². The third kappa shape index (κ3) is 2.59. The molecular formula is C12H14ClN5O2. The molecule has 0 aromatic carbocycles. The van der Waals surface area contributed by atoms with Crippen molar-refractivity contribution in [1.82, 2.24) is 20.5 Å². The van der Waals surface area contributed by atoms with Crippen LogP contribution in [0.4, 0.5) is 5.82 Å². The lowest BCUT2D eigenvalue weighted by atomic mass is 10.1. The quantitative estimate of drug-likeness (QED) is 0.657. The van der Waals surface area contributed by atoms with Gasteiger partial charge in [-0.1, -0.05) is 0 Å². The second-order valence-electron chi connectivity index (χ2n) is 4.28. The van der Waals surface area contributed by atoms with Crippen molar-refractivity contribution in [3.05, 3.63) is 35.3 Å². The molecule has 2 aromatic heterocycles. The van der Waals surface area contributed by atoms with Crippen molar-refractivity contribution in [1.29, 1.82) is 0 Å². The fourth-order valence-electron chi connectivity index (χ4n) is 2.07. The van der Waals surface area contributed by atoms with Gasteiger partial charge in [-0.2, -0.15) is 5.10 Å². The van der Waals surface area contributed by atoms with Gasteiger partial charge in [0.05, 0.1) is 0 Å². The summed E-state index contributed by atoms with van der Waals surface area (Å²) < 4.78 is 0. The molecule has 1 amide bonds. The van der Waals surface area contributed by atoms with Crippen LogP contribution in [-0.2, 0) is 13.0 Å². The van der Waals surface area contributed by atoms with Gasteiger partial charge in [0.15, 0.2) is 17.3 Å². The average molecular weight is 296 g/mol. The van der Waals surface area contributed by atoms with Crippen LogP contribution in [0.3, 0.4) is 0 Å². The normalized spacial score (nSPS) is 13.2. The van der Waals surface area contributed by atoms with Gasteiger partial charge in [0.2, 0.25) is 0 Å². The number of aromatic nitrogens is 3. The average Bonchev–Trinajstić information content (AvgIpc) is 2.85. The maximum absolute atomic E-state index is 12.1. The lowest BCUT2D eigenvalue weighted by Gasteiger charge is -2.12. The molecule has 0 spiro atoms. The molecule has 0 saturated carbocycles. The van der Waals surface area contributed by atoms with E-state index in [1.54, 1.807) is 6.07 Å². The Morgan fingerprint density at radius 3 is 3.10 bits per heavy atom. The number of carbonyl (C=O) groups is 1. The number of nitrogens with zero attached hydrogens (tertiary/aromatic N) is 2. The van der Waals surface area contributed by atoms with Crippen LogP contribution in [0.25, 0.3) is 0 Å². The Kier molecular flexibility index (Phi) is 4.21. The molecule has 106 valence electrons. The van der Waals surface area contributed by atoms with Crippen LogP contribution in [0.15, 0.2) is 18.3 Å². The predicted octanol–water partition coefficient (Wildman–Crippen LogP) is 0.830. The second kappa shape index (κ2) is 5.89. The molecule has 3 heterocycles. The summed E-state index contributed by atoms with van der Waals surface area (Å²) in [6.07, 6.45) is 2.32. The minimum atomic E-state index is -0.379. The number of H-pyrrole nitrogens is 1. The van der Waals surface area contributed by atoms with E-state index in [4.69, 9.17) is 0 Å². The molecule has 1 aliphatic heterocycles. The lowest BCUT2D eigenvalue weighted by Crippen LogP contribution is -2.25. The Morgan fingerprint density at radius 1 is 1.45 bits per heavy atom. The highest BCUT2D eigenvalue weighted by Gasteiger charge is 2.22. The highest BCUT2D eigenvalue weighted by atomic mass is 35.5. The first-order chi connectivity index (χ1) is 9.25. The molecule has 7 nitrogen and oxygen atoms in total. The smallest absolute Gasteiger partial charge is 0.277 e. The number of hydrogen-bond acceptors (Lipinski definition) is 5. The maximum Gasteiger partial charge on any atom is 0.277 e. The number of halogens is 1. The van der Waals surface area contributed by atoms with Gasteiger partial charge < -0.3 is 15.7 Å². The topological polar surface area (TPSA) is 103 Å². The van der Waals surface area contributed by atoms with Gasteiger partial charge in [0, 0.05) is 37.0 Å². The summed E-state index contributed by atoms with van der Waals surface area (Å²) >= 11 is 0. The van der Waals surface area contributed by atoms with Crippen LogP contribution >= 0.6 is 12.4 Å². The first-order valence-corrected chi connectivity index (χ1v) is 5.98. The van der Waals surface area contributed by atoms with Crippen LogP contribution in [0.2, 0.25) is 0 Å². The number of aromatic hydroxyl groups is 1. The number of amides is 1. The molecule has 0 atom stereocenters. The molecule has 4 N–H and O–H groups in total. The van der Waals surface area contributed by atoms with Gasteiger partial charge >= 0.3 is 0 Å². The van der Waals surface area contributed by atoms with Gasteiger partial charge in [-0.25, -0.2) is 4.98 Å². The molecule has 20 heavy (non-hydrogen) atoms. The summed E-state index contributed by atoms with van der Waals surface area (Å²) in [6.45, 7) is 1.49. The Labute approximate surface area is 121 Å². The molecule has 0 unspecified atom stereocenters. The van der Waals surface area contributed by atoms with Crippen LogP contribution in [0, 0.1) is 0 Å². The number of nitrogens with one attached hydrogen (secondary N) is 3. The molecule has 0 saturated heterocycles. The summed E-state index contributed by atoms with van der Waals surface area (Å²) in [5.41, 5.74) is 2.19. The van der Waals surface area contributed by atoms with E-state index >= 15 is 0 Å². The Bertz CT molecular complexity index is 628. The van der Waals surface area contributed by atoms with E-state index in [-0.39, 0.29) is 29.9 Å². The number of carbonyl (C=O) groups excluding carboxylic acids is 1. The van der Waals surface area contributed by atoms with Crippen LogP contribution in [-0.4, -0.2) is 32.7 Å². The predicted molar refractivity (Wildman–Crippen MR) is 75.1 cm³/mol. The van der Waals surface area contributed by atoms with E-state index in [1.807, 2.05) is 0 Å². The molecule has 0 fully saturated rings. The van der Waals surface area contributed by atoms with Crippen molar-refractivity contribution in [2.24, 2.45) is 0 Å². The van der Waals surface area contributed by atoms with Crippen LogP contribution in [0.1, 0.15) is 21.7 Å². The first-order valence-electron chi connectivity index (χ1n) is 5.98. The van der Waals surface area contributed by atoms with Crippen molar-refractivity contribution in [2.45, 2.75) is 13.0 Å². The molecule has 1 aliphatic rings. The van der Waals surface area contributed by atoms with Gasteiger partial charge in [0.25, 0.3) is 5.91 Å². The maximum atomic E-state index is 12.1. The monoisotopic (exact) mass is 295 g/mol.